The Labute approximate surface area is 83.8 Å². The van der Waals surface area contributed by atoms with E-state index >= 15 is 0 Å². The van der Waals surface area contributed by atoms with Gasteiger partial charge < -0.3 is 10.2 Å². The van der Waals surface area contributed by atoms with Crippen LogP contribution in [0, 0.1) is 0 Å². The van der Waals surface area contributed by atoms with Crippen LogP contribution in [0.2, 0.25) is 0 Å². The van der Waals surface area contributed by atoms with Crippen LogP contribution in [0.3, 0.4) is 0 Å². The first-order valence-corrected chi connectivity index (χ1v) is 4.46. The van der Waals surface area contributed by atoms with Crippen LogP contribution in [0.5, 0.6) is 0 Å². The number of aliphatic hydroxyl groups excluding tert-OH is 2. The van der Waals surface area contributed by atoms with Crippen molar-refractivity contribution in [1.29, 1.82) is 0 Å². The van der Waals surface area contributed by atoms with Gasteiger partial charge in [0.15, 0.2) is 0 Å². The quantitative estimate of drug-likeness (QED) is 0.708. The Morgan fingerprint density at radius 2 is 1.71 bits per heavy atom. The van der Waals surface area contributed by atoms with Gasteiger partial charge in [-0.3, -0.25) is 0 Å². The molecule has 0 aliphatic heterocycles. The fraction of sp³-hybridized carbons (Fsp3) is 0.167. The molecular formula is C12H14O2. The van der Waals surface area contributed by atoms with Crippen molar-refractivity contribution in [2.45, 2.75) is 12.2 Å². The molecule has 0 aliphatic carbocycles. The van der Waals surface area contributed by atoms with Crippen LogP contribution >= 0.6 is 0 Å². The molecule has 74 valence electrons. The van der Waals surface area contributed by atoms with E-state index in [9.17, 15) is 10.2 Å². The monoisotopic (exact) mass is 190 g/mol. The first-order valence-electron chi connectivity index (χ1n) is 4.46. The molecular weight excluding hydrogens is 176 g/mol. The summed E-state index contributed by atoms with van der Waals surface area (Å²) in [6, 6.07) is 9.59. The normalized spacial score (nSPS) is 15.3. The molecule has 14 heavy (non-hydrogen) atoms. The minimum atomic E-state index is -0.907. The molecule has 0 aliphatic rings. The average Bonchev–Trinajstić information content (AvgIpc) is 2.26. The molecule has 0 amide bonds. The number of rotatable bonds is 4. The van der Waals surface area contributed by atoms with Gasteiger partial charge in [-0.1, -0.05) is 48.6 Å². The molecule has 2 nitrogen and oxygen atoms in total. The molecule has 1 aromatic rings. The van der Waals surface area contributed by atoms with Crippen LogP contribution < -0.4 is 0 Å². The fourth-order valence-corrected chi connectivity index (χ4v) is 1.03. The average molecular weight is 190 g/mol. The Balaban J connectivity index is 2.60. The van der Waals surface area contributed by atoms with Crippen molar-refractivity contribution in [3.05, 3.63) is 54.6 Å². The lowest BCUT2D eigenvalue weighted by molar-refractivity contribution is 0.0816. The van der Waals surface area contributed by atoms with E-state index in [1.54, 1.807) is 12.2 Å². The molecule has 2 atom stereocenters. The number of hydrogen-bond donors (Lipinski definition) is 2. The predicted octanol–water partition coefficient (Wildman–Crippen LogP) is 1.61. The number of aliphatic hydroxyl groups is 2. The van der Waals surface area contributed by atoms with E-state index in [1.807, 2.05) is 30.3 Å². The van der Waals surface area contributed by atoms with Crippen molar-refractivity contribution in [3.63, 3.8) is 0 Å². The second-order valence-corrected chi connectivity index (χ2v) is 2.99. The smallest absolute Gasteiger partial charge is 0.102 e. The highest BCUT2D eigenvalue weighted by Crippen LogP contribution is 2.04. The van der Waals surface area contributed by atoms with Gasteiger partial charge in [0.25, 0.3) is 0 Å². The van der Waals surface area contributed by atoms with Crippen LogP contribution in [-0.4, -0.2) is 22.4 Å². The minimum Gasteiger partial charge on any atom is -0.386 e. The zero-order valence-electron chi connectivity index (χ0n) is 7.88. The minimum absolute atomic E-state index is 0.896. The second-order valence-electron chi connectivity index (χ2n) is 2.99. The molecule has 1 rings (SSSR count). The highest BCUT2D eigenvalue weighted by molar-refractivity contribution is 5.49. The highest BCUT2D eigenvalue weighted by atomic mass is 16.3. The summed E-state index contributed by atoms with van der Waals surface area (Å²) in [7, 11) is 0. The molecule has 1 aromatic carbocycles. The third kappa shape index (κ3) is 3.17. The van der Waals surface area contributed by atoms with Crippen molar-refractivity contribution < 1.29 is 10.2 Å². The molecule has 0 heterocycles. The van der Waals surface area contributed by atoms with E-state index in [2.05, 4.69) is 6.58 Å². The van der Waals surface area contributed by atoms with E-state index in [-0.39, 0.29) is 0 Å². The molecule has 0 spiro atoms. The molecule has 0 bridgehead atoms. The SMILES string of the molecule is C=CC(O)C(O)/C=C/c1ccccc1. The van der Waals surface area contributed by atoms with Crippen molar-refractivity contribution in [2.75, 3.05) is 0 Å². The summed E-state index contributed by atoms with van der Waals surface area (Å²) in [6.07, 6.45) is 2.81. The van der Waals surface area contributed by atoms with Crippen LogP contribution in [0.15, 0.2) is 49.1 Å². The van der Waals surface area contributed by atoms with Gasteiger partial charge in [0, 0.05) is 0 Å². The summed E-state index contributed by atoms with van der Waals surface area (Å²) in [4.78, 5) is 0. The van der Waals surface area contributed by atoms with E-state index < -0.39 is 12.2 Å². The molecule has 0 aromatic heterocycles. The third-order valence-electron chi connectivity index (χ3n) is 1.88. The molecule has 0 fully saturated rings. The van der Waals surface area contributed by atoms with Crippen LogP contribution in [0.1, 0.15) is 5.56 Å². The Morgan fingerprint density at radius 3 is 2.29 bits per heavy atom. The van der Waals surface area contributed by atoms with Gasteiger partial charge >= 0.3 is 0 Å². The van der Waals surface area contributed by atoms with E-state index in [1.165, 1.54) is 6.08 Å². The molecule has 2 unspecified atom stereocenters. The second kappa shape index (κ2) is 5.37. The maximum absolute atomic E-state index is 9.37. The van der Waals surface area contributed by atoms with Crippen LogP contribution in [0.25, 0.3) is 6.08 Å². The molecule has 2 heteroatoms. The predicted molar refractivity (Wildman–Crippen MR) is 57.7 cm³/mol. The van der Waals surface area contributed by atoms with Gasteiger partial charge in [0.05, 0.1) is 0 Å². The lowest BCUT2D eigenvalue weighted by atomic mass is 10.1. The maximum Gasteiger partial charge on any atom is 0.102 e. The molecule has 0 saturated carbocycles. The van der Waals surface area contributed by atoms with Crippen LogP contribution in [-0.2, 0) is 0 Å². The highest BCUT2D eigenvalue weighted by Gasteiger charge is 2.07. The van der Waals surface area contributed by atoms with Gasteiger partial charge in [-0.05, 0) is 5.56 Å². The Kier molecular flexibility index (Phi) is 4.11. The Hall–Kier alpha value is -1.38. The fourth-order valence-electron chi connectivity index (χ4n) is 1.03. The Bertz CT molecular complexity index is 303. The topological polar surface area (TPSA) is 40.5 Å². The van der Waals surface area contributed by atoms with Gasteiger partial charge in [0.2, 0.25) is 0 Å². The number of hydrogen-bond acceptors (Lipinski definition) is 2. The zero-order valence-corrected chi connectivity index (χ0v) is 7.88. The van der Waals surface area contributed by atoms with Gasteiger partial charge in [-0.25, -0.2) is 0 Å². The van der Waals surface area contributed by atoms with Gasteiger partial charge in [-0.2, -0.15) is 0 Å². The first kappa shape index (κ1) is 10.7. The zero-order chi connectivity index (χ0) is 10.4. The largest absolute Gasteiger partial charge is 0.386 e. The van der Waals surface area contributed by atoms with Crippen molar-refractivity contribution in [3.8, 4) is 0 Å². The lowest BCUT2D eigenvalue weighted by Gasteiger charge is -2.08. The summed E-state index contributed by atoms with van der Waals surface area (Å²) in [5, 5.41) is 18.6. The molecule has 2 N–H and O–H groups in total. The third-order valence-corrected chi connectivity index (χ3v) is 1.88. The summed E-state index contributed by atoms with van der Waals surface area (Å²) in [5.41, 5.74) is 0.989. The lowest BCUT2D eigenvalue weighted by Crippen LogP contribution is -2.20. The van der Waals surface area contributed by atoms with Crippen LogP contribution in [0.4, 0.5) is 0 Å². The standard InChI is InChI=1S/C12H14O2/c1-2-11(13)12(14)9-8-10-6-4-3-5-7-10/h2-9,11-14H,1H2/b9-8+. The van der Waals surface area contributed by atoms with E-state index in [4.69, 9.17) is 0 Å². The van der Waals surface area contributed by atoms with E-state index in [0.29, 0.717) is 0 Å². The first-order chi connectivity index (χ1) is 6.74. The molecule has 0 saturated heterocycles. The Morgan fingerprint density at radius 1 is 1.07 bits per heavy atom. The van der Waals surface area contributed by atoms with Crippen molar-refractivity contribution in [2.24, 2.45) is 0 Å². The number of benzene rings is 1. The molecule has 0 radical (unpaired) electrons. The van der Waals surface area contributed by atoms with Crippen molar-refractivity contribution >= 4 is 6.08 Å². The maximum atomic E-state index is 9.37. The van der Waals surface area contributed by atoms with Gasteiger partial charge in [-0.15, -0.1) is 6.58 Å². The summed E-state index contributed by atoms with van der Waals surface area (Å²) < 4.78 is 0. The van der Waals surface area contributed by atoms with Crippen molar-refractivity contribution in [1.82, 2.24) is 0 Å². The van der Waals surface area contributed by atoms with E-state index in [0.717, 1.165) is 5.56 Å². The van der Waals surface area contributed by atoms with Gasteiger partial charge in [0.1, 0.15) is 12.2 Å². The summed E-state index contributed by atoms with van der Waals surface area (Å²) in [5.74, 6) is 0. The summed E-state index contributed by atoms with van der Waals surface area (Å²) in [6.45, 7) is 3.39. The summed E-state index contributed by atoms with van der Waals surface area (Å²) >= 11 is 0.